The summed E-state index contributed by atoms with van der Waals surface area (Å²) < 4.78 is 0. The van der Waals surface area contributed by atoms with Crippen molar-refractivity contribution in [1.29, 1.82) is 0 Å². The van der Waals surface area contributed by atoms with Crippen LogP contribution in [0.2, 0.25) is 0 Å². The van der Waals surface area contributed by atoms with Crippen LogP contribution < -0.4 is 10.6 Å². The third-order valence-corrected chi connectivity index (χ3v) is 5.25. The molecule has 0 radical (unpaired) electrons. The summed E-state index contributed by atoms with van der Waals surface area (Å²) in [7, 11) is 3.70. The van der Waals surface area contributed by atoms with Crippen LogP contribution in [0.5, 0.6) is 0 Å². The standard InChI is InChI=1S/C19H27N5O2/c1-12-22-16-7-4-13(8-17(16)23-12)9-19(26)21-11-15-6-5-14(24(15)3)10-18(25)20-2/h4,7-8,14-15H,5-6,9-11H2,1-3H3,(H,20,25)(H,21,26)(H,22,23)/t14-,15+/m1/s1. The first-order valence-electron chi connectivity index (χ1n) is 9.10. The van der Waals surface area contributed by atoms with E-state index in [4.69, 9.17) is 0 Å². The van der Waals surface area contributed by atoms with Crippen molar-refractivity contribution in [2.24, 2.45) is 0 Å². The normalized spacial score (nSPS) is 20.4. The zero-order chi connectivity index (χ0) is 18.7. The molecule has 7 nitrogen and oxygen atoms in total. The first kappa shape index (κ1) is 18.4. The number of nitrogens with one attached hydrogen (secondary N) is 3. The molecule has 1 aliphatic rings. The Balaban J connectivity index is 1.49. The Hall–Kier alpha value is -2.41. The highest BCUT2D eigenvalue weighted by Gasteiger charge is 2.31. The number of fused-ring (bicyclic) bond motifs is 1. The molecule has 2 heterocycles. The van der Waals surface area contributed by atoms with Crippen molar-refractivity contribution in [3.63, 3.8) is 0 Å². The van der Waals surface area contributed by atoms with E-state index in [0.717, 1.165) is 35.3 Å². The molecule has 7 heteroatoms. The van der Waals surface area contributed by atoms with Crippen LogP contribution in [-0.2, 0) is 16.0 Å². The second kappa shape index (κ2) is 7.86. The van der Waals surface area contributed by atoms with Gasteiger partial charge in [-0.25, -0.2) is 4.98 Å². The van der Waals surface area contributed by atoms with Gasteiger partial charge in [-0.2, -0.15) is 0 Å². The molecule has 26 heavy (non-hydrogen) atoms. The van der Waals surface area contributed by atoms with E-state index in [-0.39, 0.29) is 23.9 Å². The molecule has 0 aliphatic carbocycles. The summed E-state index contributed by atoms with van der Waals surface area (Å²) in [6, 6.07) is 6.41. The fourth-order valence-electron chi connectivity index (χ4n) is 3.67. The fraction of sp³-hybridized carbons (Fsp3) is 0.526. The number of hydrogen-bond acceptors (Lipinski definition) is 4. The van der Waals surface area contributed by atoms with E-state index in [1.807, 2.05) is 32.2 Å². The number of aromatic nitrogens is 2. The van der Waals surface area contributed by atoms with E-state index in [1.54, 1.807) is 7.05 Å². The van der Waals surface area contributed by atoms with Crippen LogP contribution in [0.15, 0.2) is 18.2 Å². The summed E-state index contributed by atoms with van der Waals surface area (Å²) in [4.78, 5) is 33.7. The van der Waals surface area contributed by atoms with Crippen LogP contribution in [0.1, 0.15) is 30.7 Å². The van der Waals surface area contributed by atoms with Gasteiger partial charge >= 0.3 is 0 Å². The SMILES string of the molecule is CNC(=O)C[C@H]1CC[C@@H](CNC(=O)Cc2ccc3nc(C)[nH]c3c2)N1C. The van der Waals surface area contributed by atoms with Crippen molar-refractivity contribution in [2.75, 3.05) is 20.6 Å². The van der Waals surface area contributed by atoms with Gasteiger partial charge in [0.2, 0.25) is 11.8 Å². The molecule has 0 unspecified atom stereocenters. The number of amides is 2. The van der Waals surface area contributed by atoms with Gasteiger partial charge in [0.1, 0.15) is 5.82 Å². The molecule has 3 rings (SSSR count). The van der Waals surface area contributed by atoms with Gasteiger partial charge in [-0.3, -0.25) is 14.5 Å². The molecular weight excluding hydrogens is 330 g/mol. The molecule has 1 fully saturated rings. The molecule has 1 aromatic carbocycles. The molecule has 0 bridgehead atoms. The van der Waals surface area contributed by atoms with Gasteiger partial charge in [0.05, 0.1) is 17.5 Å². The Labute approximate surface area is 153 Å². The van der Waals surface area contributed by atoms with Crippen molar-refractivity contribution < 1.29 is 9.59 Å². The monoisotopic (exact) mass is 357 g/mol. The maximum absolute atomic E-state index is 12.3. The molecule has 1 saturated heterocycles. The minimum Gasteiger partial charge on any atom is -0.359 e. The lowest BCUT2D eigenvalue weighted by Gasteiger charge is -2.25. The van der Waals surface area contributed by atoms with Gasteiger partial charge < -0.3 is 15.6 Å². The predicted octanol–water partition coefficient (Wildman–Crippen LogP) is 1.13. The number of nitrogens with zero attached hydrogens (tertiary/aromatic N) is 2. The molecular formula is C19H27N5O2. The Morgan fingerprint density at radius 2 is 2.04 bits per heavy atom. The zero-order valence-corrected chi connectivity index (χ0v) is 15.6. The van der Waals surface area contributed by atoms with E-state index in [0.29, 0.717) is 19.4 Å². The summed E-state index contributed by atoms with van der Waals surface area (Å²) in [5.74, 6) is 0.955. The second-order valence-corrected chi connectivity index (χ2v) is 7.08. The molecule has 3 N–H and O–H groups in total. The predicted molar refractivity (Wildman–Crippen MR) is 101 cm³/mol. The average molecular weight is 357 g/mol. The third kappa shape index (κ3) is 4.22. The number of likely N-dealkylation sites (tertiary alicyclic amines) is 1. The number of benzene rings is 1. The number of rotatable bonds is 6. The molecule has 1 aliphatic heterocycles. The average Bonchev–Trinajstić information content (AvgIpc) is 3.14. The van der Waals surface area contributed by atoms with Gasteiger partial charge in [0.25, 0.3) is 0 Å². The Morgan fingerprint density at radius 3 is 2.81 bits per heavy atom. The molecule has 2 aromatic rings. The molecule has 0 saturated carbocycles. The van der Waals surface area contributed by atoms with Crippen molar-refractivity contribution in [3.05, 3.63) is 29.6 Å². The highest BCUT2D eigenvalue weighted by molar-refractivity contribution is 5.81. The quantitative estimate of drug-likeness (QED) is 0.723. The van der Waals surface area contributed by atoms with E-state index in [1.165, 1.54) is 0 Å². The Morgan fingerprint density at radius 1 is 1.27 bits per heavy atom. The summed E-state index contributed by atoms with van der Waals surface area (Å²) in [6.45, 7) is 2.53. The highest BCUT2D eigenvalue weighted by Crippen LogP contribution is 2.24. The minimum atomic E-state index is 0.0174. The van der Waals surface area contributed by atoms with Gasteiger partial charge in [-0.15, -0.1) is 0 Å². The van der Waals surface area contributed by atoms with Crippen LogP contribution in [0, 0.1) is 6.92 Å². The van der Waals surface area contributed by atoms with E-state index < -0.39 is 0 Å². The summed E-state index contributed by atoms with van der Waals surface area (Å²) >= 11 is 0. The second-order valence-electron chi connectivity index (χ2n) is 7.08. The maximum Gasteiger partial charge on any atom is 0.224 e. The van der Waals surface area contributed by atoms with Gasteiger partial charge in [-0.05, 0) is 44.5 Å². The number of imidazole rings is 1. The molecule has 1 aromatic heterocycles. The first-order valence-corrected chi connectivity index (χ1v) is 9.10. The number of likely N-dealkylation sites (N-methyl/N-ethyl adjacent to an activating group) is 1. The van der Waals surface area contributed by atoms with Crippen LogP contribution in [0.3, 0.4) is 0 Å². The molecule has 2 atom stereocenters. The number of carbonyl (C=O) groups is 2. The van der Waals surface area contributed by atoms with Crippen molar-refractivity contribution >= 4 is 22.8 Å². The largest absolute Gasteiger partial charge is 0.359 e. The number of aromatic amines is 1. The first-order chi connectivity index (χ1) is 12.5. The fourth-order valence-corrected chi connectivity index (χ4v) is 3.67. The van der Waals surface area contributed by atoms with Gasteiger partial charge in [0.15, 0.2) is 0 Å². The van der Waals surface area contributed by atoms with Gasteiger partial charge in [0, 0.05) is 32.1 Å². The summed E-state index contributed by atoms with van der Waals surface area (Å²) in [5.41, 5.74) is 2.85. The summed E-state index contributed by atoms with van der Waals surface area (Å²) in [5, 5.41) is 5.71. The van der Waals surface area contributed by atoms with Crippen LogP contribution in [0.4, 0.5) is 0 Å². The highest BCUT2D eigenvalue weighted by atomic mass is 16.2. The maximum atomic E-state index is 12.3. The van der Waals surface area contributed by atoms with Crippen molar-refractivity contribution in [2.45, 2.75) is 44.7 Å². The topological polar surface area (TPSA) is 90.1 Å². The van der Waals surface area contributed by atoms with Crippen LogP contribution >= 0.6 is 0 Å². The number of H-pyrrole nitrogens is 1. The number of hydrogen-bond donors (Lipinski definition) is 3. The smallest absolute Gasteiger partial charge is 0.224 e. The third-order valence-electron chi connectivity index (χ3n) is 5.25. The summed E-state index contributed by atoms with van der Waals surface area (Å²) in [6.07, 6.45) is 2.85. The minimum absolute atomic E-state index is 0.0174. The van der Waals surface area contributed by atoms with Crippen LogP contribution in [-0.4, -0.2) is 59.4 Å². The lowest BCUT2D eigenvalue weighted by molar-refractivity contribution is -0.122. The van der Waals surface area contributed by atoms with Gasteiger partial charge in [-0.1, -0.05) is 6.07 Å². The zero-order valence-electron chi connectivity index (χ0n) is 15.6. The van der Waals surface area contributed by atoms with E-state index in [9.17, 15) is 9.59 Å². The van der Waals surface area contributed by atoms with Crippen LogP contribution in [0.25, 0.3) is 11.0 Å². The Kier molecular flexibility index (Phi) is 5.56. The lowest BCUT2D eigenvalue weighted by atomic mass is 10.1. The number of aryl methyl sites for hydroxylation is 1. The lowest BCUT2D eigenvalue weighted by Crippen LogP contribution is -2.42. The molecule has 0 spiro atoms. The van der Waals surface area contributed by atoms with Crippen molar-refractivity contribution in [3.8, 4) is 0 Å². The molecule has 140 valence electrons. The Bertz CT molecular complexity index is 800. The molecule has 2 amide bonds. The number of carbonyl (C=O) groups excluding carboxylic acids is 2. The van der Waals surface area contributed by atoms with E-state index >= 15 is 0 Å². The van der Waals surface area contributed by atoms with Crippen molar-refractivity contribution in [1.82, 2.24) is 25.5 Å². The van der Waals surface area contributed by atoms with E-state index in [2.05, 4.69) is 25.5 Å².